The van der Waals surface area contributed by atoms with Crippen LogP contribution < -0.4 is 5.73 Å². The van der Waals surface area contributed by atoms with Gasteiger partial charge in [0.05, 0.1) is 17.2 Å². The molecular weight excluding hydrogens is 224 g/mol. The summed E-state index contributed by atoms with van der Waals surface area (Å²) in [5, 5.41) is 1.10. The van der Waals surface area contributed by atoms with Crippen molar-refractivity contribution in [2.75, 3.05) is 26.7 Å². The van der Waals surface area contributed by atoms with Crippen LogP contribution in [0.15, 0.2) is 10.6 Å². The first kappa shape index (κ1) is 11.8. The van der Waals surface area contributed by atoms with Crippen LogP contribution in [-0.4, -0.2) is 42.9 Å². The molecule has 0 aromatic carbocycles. The Kier molecular flexibility index (Phi) is 3.44. The number of likely N-dealkylation sites (tertiary alicyclic amines) is 1. The second kappa shape index (κ2) is 4.67. The Morgan fingerprint density at radius 3 is 3.12 bits per heavy atom. The van der Waals surface area contributed by atoms with E-state index in [0.29, 0.717) is 22.8 Å². The minimum absolute atomic E-state index is 0.218. The summed E-state index contributed by atoms with van der Waals surface area (Å²) in [6.45, 7) is 4.26. The van der Waals surface area contributed by atoms with Crippen molar-refractivity contribution < 1.29 is 9.53 Å². The number of ether oxygens (including phenoxy) is 1. The molecule has 0 spiro atoms. The summed E-state index contributed by atoms with van der Waals surface area (Å²) in [7, 11) is 2.11. The summed E-state index contributed by atoms with van der Waals surface area (Å²) >= 11 is 1.63. The second-order valence-corrected chi connectivity index (χ2v) is 5.59. The summed E-state index contributed by atoms with van der Waals surface area (Å²) < 4.78 is 5.07. The molecule has 2 N–H and O–H groups in total. The second-order valence-electron chi connectivity index (χ2n) is 4.31. The van der Waals surface area contributed by atoms with E-state index in [4.69, 9.17) is 10.5 Å². The molecule has 0 amide bonds. The summed E-state index contributed by atoms with van der Waals surface area (Å²) in [6.07, 6.45) is 1.00. The molecule has 16 heavy (non-hydrogen) atoms. The molecule has 2 rings (SSSR count). The first-order valence-corrected chi connectivity index (χ1v) is 6.53. The number of esters is 1. The van der Waals surface area contributed by atoms with Crippen molar-refractivity contribution in [2.45, 2.75) is 18.6 Å². The van der Waals surface area contributed by atoms with Crippen LogP contribution in [0.3, 0.4) is 0 Å². The maximum absolute atomic E-state index is 11.8. The van der Waals surface area contributed by atoms with Crippen molar-refractivity contribution in [3.8, 4) is 0 Å². The van der Waals surface area contributed by atoms with Crippen LogP contribution in [0.25, 0.3) is 0 Å². The molecule has 1 fully saturated rings. The van der Waals surface area contributed by atoms with E-state index < -0.39 is 0 Å². The zero-order chi connectivity index (χ0) is 11.7. The molecular formula is C11H18N2O2S. The lowest BCUT2D eigenvalue weighted by Crippen LogP contribution is -2.39. The van der Waals surface area contributed by atoms with Crippen LogP contribution >= 0.6 is 11.8 Å². The van der Waals surface area contributed by atoms with Gasteiger partial charge in [-0.1, -0.05) is 0 Å². The maximum Gasteiger partial charge on any atom is 0.336 e. The molecule has 0 aliphatic carbocycles. The number of carbonyl (C=O) groups is 1. The monoisotopic (exact) mass is 242 g/mol. The van der Waals surface area contributed by atoms with Crippen LogP contribution in [0.5, 0.6) is 0 Å². The summed E-state index contributed by atoms with van der Waals surface area (Å²) in [5.74, 6) is 0.0739. The van der Waals surface area contributed by atoms with Gasteiger partial charge in [-0.05, 0) is 26.9 Å². The van der Waals surface area contributed by atoms with Crippen molar-refractivity contribution in [1.82, 2.24) is 4.90 Å². The van der Waals surface area contributed by atoms with Crippen LogP contribution in [0, 0.1) is 5.92 Å². The molecule has 4 nitrogen and oxygen atoms in total. The van der Waals surface area contributed by atoms with Crippen LogP contribution in [-0.2, 0) is 9.53 Å². The van der Waals surface area contributed by atoms with Gasteiger partial charge in [0.25, 0.3) is 0 Å². The minimum atomic E-state index is -0.218. The SMILES string of the molecule is CCOC(=O)C1=C(N)S[C@@H]2CN(C)CC[C@@H]12. The summed E-state index contributed by atoms with van der Waals surface area (Å²) in [5.41, 5.74) is 6.67. The van der Waals surface area contributed by atoms with E-state index >= 15 is 0 Å². The molecule has 2 heterocycles. The number of fused-ring (bicyclic) bond motifs is 1. The highest BCUT2D eigenvalue weighted by Gasteiger charge is 2.41. The fraction of sp³-hybridized carbons (Fsp3) is 0.727. The van der Waals surface area contributed by atoms with E-state index in [9.17, 15) is 4.79 Å². The number of rotatable bonds is 2. The topological polar surface area (TPSA) is 55.6 Å². The Hall–Kier alpha value is -0.680. The van der Waals surface area contributed by atoms with Gasteiger partial charge in [0.1, 0.15) is 0 Å². The van der Waals surface area contributed by atoms with Crippen molar-refractivity contribution in [3.05, 3.63) is 10.6 Å². The third kappa shape index (κ3) is 2.06. The van der Waals surface area contributed by atoms with Gasteiger partial charge in [0.15, 0.2) is 0 Å². The molecule has 0 bridgehead atoms. The Morgan fingerprint density at radius 2 is 2.44 bits per heavy atom. The normalized spacial score (nSPS) is 30.4. The Labute approximate surface area is 100 Å². The highest BCUT2D eigenvalue weighted by atomic mass is 32.2. The lowest BCUT2D eigenvalue weighted by molar-refractivity contribution is -0.139. The molecule has 5 heteroatoms. The lowest BCUT2D eigenvalue weighted by Gasteiger charge is -2.32. The number of carbonyl (C=O) groups excluding carboxylic acids is 1. The molecule has 90 valence electrons. The molecule has 2 atom stereocenters. The number of nitrogens with two attached hydrogens (primary N) is 1. The molecule has 2 aliphatic heterocycles. The Bertz CT molecular complexity index is 330. The molecule has 0 aromatic rings. The first-order chi connectivity index (χ1) is 7.63. The zero-order valence-electron chi connectivity index (χ0n) is 9.73. The average molecular weight is 242 g/mol. The molecule has 0 saturated carbocycles. The number of hydrogen-bond donors (Lipinski definition) is 1. The van der Waals surface area contributed by atoms with E-state index in [2.05, 4.69) is 11.9 Å². The predicted molar refractivity (Wildman–Crippen MR) is 64.8 cm³/mol. The molecule has 0 radical (unpaired) electrons. The smallest absolute Gasteiger partial charge is 0.336 e. The van der Waals surface area contributed by atoms with E-state index in [1.165, 1.54) is 0 Å². The standard InChI is InChI=1S/C11H18N2O2S/c1-3-15-11(14)9-7-4-5-13(2)6-8(7)16-10(9)12/h7-8H,3-6,12H2,1-2H3/t7-,8-/m1/s1. The van der Waals surface area contributed by atoms with Gasteiger partial charge < -0.3 is 15.4 Å². The van der Waals surface area contributed by atoms with Crippen LogP contribution in [0.4, 0.5) is 0 Å². The van der Waals surface area contributed by atoms with E-state index in [1.807, 2.05) is 6.92 Å². The third-order valence-electron chi connectivity index (χ3n) is 3.17. The van der Waals surface area contributed by atoms with Gasteiger partial charge in [-0.25, -0.2) is 4.79 Å². The Balaban J connectivity index is 2.13. The predicted octanol–water partition coefficient (Wildman–Crippen LogP) is 0.787. The molecule has 0 aromatic heterocycles. The third-order valence-corrected chi connectivity index (χ3v) is 4.43. The van der Waals surface area contributed by atoms with Crippen LogP contribution in [0.1, 0.15) is 13.3 Å². The van der Waals surface area contributed by atoms with Crippen molar-refractivity contribution in [3.63, 3.8) is 0 Å². The molecule has 2 aliphatic rings. The fourth-order valence-electron chi connectivity index (χ4n) is 2.39. The van der Waals surface area contributed by atoms with E-state index in [-0.39, 0.29) is 5.97 Å². The molecule has 1 saturated heterocycles. The zero-order valence-corrected chi connectivity index (χ0v) is 10.5. The minimum Gasteiger partial charge on any atom is -0.463 e. The summed E-state index contributed by atoms with van der Waals surface area (Å²) in [4.78, 5) is 14.1. The van der Waals surface area contributed by atoms with Crippen molar-refractivity contribution in [1.29, 1.82) is 0 Å². The van der Waals surface area contributed by atoms with Crippen molar-refractivity contribution >= 4 is 17.7 Å². The van der Waals surface area contributed by atoms with E-state index in [1.54, 1.807) is 11.8 Å². The fourth-order valence-corrected chi connectivity index (χ4v) is 3.84. The van der Waals surface area contributed by atoms with Gasteiger partial charge in [-0.2, -0.15) is 0 Å². The number of piperidine rings is 1. The van der Waals surface area contributed by atoms with E-state index in [0.717, 1.165) is 25.1 Å². The average Bonchev–Trinajstić information content (AvgIpc) is 2.53. The lowest BCUT2D eigenvalue weighted by atomic mass is 9.89. The van der Waals surface area contributed by atoms with Gasteiger partial charge in [0.2, 0.25) is 0 Å². The van der Waals surface area contributed by atoms with Crippen LogP contribution in [0.2, 0.25) is 0 Å². The quantitative estimate of drug-likeness (QED) is 0.725. The summed E-state index contributed by atoms with van der Waals surface area (Å²) in [6, 6.07) is 0. The van der Waals surface area contributed by atoms with Gasteiger partial charge >= 0.3 is 5.97 Å². The Morgan fingerprint density at radius 1 is 1.69 bits per heavy atom. The highest BCUT2D eigenvalue weighted by molar-refractivity contribution is 8.04. The number of nitrogens with zero attached hydrogens (tertiary/aromatic N) is 1. The van der Waals surface area contributed by atoms with Gasteiger partial charge in [0, 0.05) is 17.7 Å². The van der Waals surface area contributed by atoms with Gasteiger partial charge in [-0.15, -0.1) is 11.8 Å². The van der Waals surface area contributed by atoms with Crippen molar-refractivity contribution in [2.24, 2.45) is 11.7 Å². The number of hydrogen-bond acceptors (Lipinski definition) is 5. The van der Waals surface area contributed by atoms with Gasteiger partial charge in [-0.3, -0.25) is 0 Å². The number of thioether (sulfide) groups is 1. The first-order valence-electron chi connectivity index (χ1n) is 5.65. The maximum atomic E-state index is 11.8. The highest BCUT2D eigenvalue weighted by Crippen LogP contribution is 2.44. The molecule has 0 unspecified atom stereocenters. The largest absolute Gasteiger partial charge is 0.463 e.